The molecule has 4 atom stereocenters. The number of halogens is 1. The second-order valence-electron chi connectivity index (χ2n) is 9.42. The van der Waals surface area contributed by atoms with E-state index in [2.05, 4.69) is 10.8 Å². The van der Waals surface area contributed by atoms with E-state index in [1.165, 1.54) is 0 Å². The van der Waals surface area contributed by atoms with E-state index in [0.717, 1.165) is 19.4 Å². The van der Waals surface area contributed by atoms with E-state index in [-0.39, 0.29) is 42.1 Å². The number of carboxylic acid groups (broad SMARTS) is 2. The topological polar surface area (TPSA) is 134 Å². The fourth-order valence-corrected chi connectivity index (χ4v) is 5.32. The maximum atomic E-state index is 12.2. The number of nitrogens with one attached hydrogen (secondary N) is 2. The van der Waals surface area contributed by atoms with Crippen LogP contribution in [0.3, 0.4) is 0 Å². The van der Waals surface area contributed by atoms with Crippen LogP contribution >= 0.6 is 12.4 Å². The van der Waals surface area contributed by atoms with Gasteiger partial charge in [0.25, 0.3) is 0 Å². The molecule has 1 fully saturated rings. The zero-order chi connectivity index (χ0) is 27.1. The van der Waals surface area contributed by atoms with Crippen LogP contribution in [0.2, 0.25) is 0 Å². The molecule has 9 nitrogen and oxygen atoms in total. The van der Waals surface area contributed by atoms with Gasteiger partial charge >= 0.3 is 17.9 Å². The molecule has 1 heterocycles. The molecule has 4 N–H and O–H groups in total. The molecule has 1 aliphatic carbocycles. The normalized spacial score (nSPS) is 22.6. The van der Waals surface area contributed by atoms with Crippen molar-refractivity contribution >= 4 is 30.3 Å². The van der Waals surface area contributed by atoms with E-state index in [9.17, 15) is 24.6 Å². The van der Waals surface area contributed by atoms with Gasteiger partial charge in [-0.3, -0.25) is 9.63 Å². The highest BCUT2D eigenvalue weighted by molar-refractivity contribution is 5.91. The number of carbonyl (C=O) groups excluding carboxylic acids is 1. The van der Waals surface area contributed by atoms with E-state index in [4.69, 9.17) is 9.57 Å². The predicted molar refractivity (Wildman–Crippen MR) is 147 cm³/mol. The average Bonchev–Trinajstić information content (AvgIpc) is 3.47. The molecule has 1 aliphatic heterocycles. The molecule has 0 saturated carbocycles. The molecule has 0 radical (unpaired) electrons. The lowest BCUT2D eigenvalue weighted by molar-refractivity contribution is -0.191. The monoisotopic (exact) mass is 556 g/mol. The number of rotatable bonds is 11. The van der Waals surface area contributed by atoms with Gasteiger partial charge in [0.05, 0.1) is 11.1 Å². The Kier molecular flexibility index (Phi) is 10.4. The minimum absolute atomic E-state index is 0. The maximum Gasteiger partial charge on any atom is 0.335 e. The number of benzene rings is 2. The molecule has 4 rings (SSSR count). The first-order valence-corrected chi connectivity index (χ1v) is 12.7. The highest BCUT2D eigenvalue weighted by atomic mass is 35.5. The van der Waals surface area contributed by atoms with Crippen molar-refractivity contribution in [2.45, 2.75) is 49.9 Å². The fraction of sp³-hybridized carbons (Fsp3) is 0.345. The Bertz CT molecular complexity index is 1240. The van der Waals surface area contributed by atoms with Gasteiger partial charge in [-0.05, 0) is 56.0 Å². The van der Waals surface area contributed by atoms with Crippen molar-refractivity contribution in [3.8, 4) is 0 Å². The fourth-order valence-electron chi connectivity index (χ4n) is 5.32. The van der Waals surface area contributed by atoms with Crippen LogP contribution in [0.25, 0.3) is 0 Å². The summed E-state index contributed by atoms with van der Waals surface area (Å²) in [5.74, 6) is -2.96. The van der Waals surface area contributed by atoms with Gasteiger partial charge in [0.15, 0.2) is 0 Å². The number of ether oxygens (including phenoxy) is 1. The van der Waals surface area contributed by atoms with Crippen molar-refractivity contribution < 1.29 is 34.2 Å². The Morgan fingerprint density at radius 3 is 2.44 bits per heavy atom. The van der Waals surface area contributed by atoms with Gasteiger partial charge in [0.2, 0.25) is 6.29 Å². The molecule has 0 amide bonds. The molecule has 2 aromatic rings. The van der Waals surface area contributed by atoms with Crippen molar-refractivity contribution in [3.05, 3.63) is 95.1 Å². The van der Waals surface area contributed by atoms with Crippen molar-refractivity contribution in [2.24, 2.45) is 0 Å². The summed E-state index contributed by atoms with van der Waals surface area (Å²) in [4.78, 5) is 42.1. The third-order valence-electron chi connectivity index (χ3n) is 7.07. The molecular weight excluding hydrogens is 524 g/mol. The molecule has 4 unspecified atom stereocenters. The number of carbonyl (C=O) groups is 3. The molecular formula is C29H33ClN2O7. The number of allylic oxidation sites excluding steroid dienone is 4. The second kappa shape index (κ2) is 13.5. The number of hydrogen-bond donors (Lipinski definition) is 4. The Labute approximate surface area is 233 Å². The molecule has 10 heteroatoms. The molecule has 1 saturated heterocycles. The Morgan fingerprint density at radius 1 is 1.05 bits per heavy atom. The lowest BCUT2D eigenvalue weighted by Gasteiger charge is -2.41. The van der Waals surface area contributed by atoms with Gasteiger partial charge in [-0.1, -0.05) is 60.7 Å². The zero-order valence-corrected chi connectivity index (χ0v) is 22.4. The Hall–Kier alpha value is -3.50. The standard InChI is InChI=1S/C29H32N2O7.ClH/c1-19(37-28(36)25-14-8-17-30-25)38-31-18-16-29(24-12-5-4-11-22(24)27(34)35)15-7-6-13-23(29)20-9-2-3-10-21(20)26(32)33;/h2-7,9-13,15,19,23,25,30-31H,8,14,16-18H2,1H3,(H,32,33)(H,34,35);1H. The summed E-state index contributed by atoms with van der Waals surface area (Å²) in [6.45, 7) is 2.66. The number of hydrogen-bond acceptors (Lipinski definition) is 7. The summed E-state index contributed by atoms with van der Waals surface area (Å²) in [7, 11) is 0. The third kappa shape index (κ3) is 6.75. The quantitative estimate of drug-likeness (QED) is 0.139. The Morgan fingerprint density at radius 2 is 1.74 bits per heavy atom. The summed E-state index contributed by atoms with van der Waals surface area (Å²) in [5.41, 5.74) is 3.39. The van der Waals surface area contributed by atoms with Gasteiger partial charge < -0.3 is 20.3 Å². The van der Waals surface area contributed by atoms with Crippen LogP contribution in [0.15, 0.2) is 72.8 Å². The van der Waals surface area contributed by atoms with Gasteiger partial charge in [-0.15, -0.1) is 12.4 Å². The van der Waals surface area contributed by atoms with Crippen molar-refractivity contribution in [1.29, 1.82) is 0 Å². The second-order valence-corrected chi connectivity index (χ2v) is 9.42. The molecule has 2 aromatic carbocycles. The van der Waals surface area contributed by atoms with Gasteiger partial charge in [0.1, 0.15) is 6.04 Å². The van der Waals surface area contributed by atoms with E-state index >= 15 is 0 Å². The van der Waals surface area contributed by atoms with Gasteiger partial charge in [0, 0.05) is 17.9 Å². The first-order chi connectivity index (χ1) is 18.3. The lowest BCUT2D eigenvalue weighted by atomic mass is 9.62. The summed E-state index contributed by atoms with van der Waals surface area (Å²) >= 11 is 0. The highest BCUT2D eigenvalue weighted by Crippen LogP contribution is 2.48. The van der Waals surface area contributed by atoms with E-state index in [1.54, 1.807) is 55.5 Å². The van der Waals surface area contributed by atoms with Crippen LogP contribution in [-0.2, 0) is 19.8 Å². The molecule has 2 aliphatic rings. The molecule has 39 heavy (non-hydrogen) atoms. The van der Waals surface area contributed by atoms with Crippen LogP contribution in [0, 0.1) is 0 Å². The lowest BCUT2D eigenvalue weighted by Crippen LogP contribution is -2.39. The number of hydroxylamine groups is 1. The Balaban J connectivity index is 0.00000420. The third-order valence-corrected chi connectivity index (χ3v) is 7.07. The SMILES string of the molecule is CC(ONCCC1(c2ccccc2C(=O)O)C=CC=CC1c1ccccc1C(=O)O)OC(=O)C1CCCN1.Cl. The highest BCUT2D eigenvalue weighted by Gasteiger charge is 2.42. The summed E-state index contributed by atoms with van der Waals surface area (Å²) < 4.78 is 5.36. The van der Waals surface area contributed by atoms with Crippen LogP contribution in [0.5, 0.6) is 0 Å². The van der Waals surface area contributed by atoms with E-state index < -0.39 is 29.6 Å². The molecule has 208 valence electrons. The number of esters is 1. The van der Waals surface area contributed by atoms with Gasteiger partial charge in [-0.2, -0.15) is 5.48 Å². The zero-order valence-electron chi connectivity index (χ0n) is 21.5. The molecule has 0 spiro atoms. The number of aromatic carboxylic acids is 2. The van der Waals surface area contributed by atoms with Crippen molar-refractivity contribution in [1.82, 2.24) is 10.8 Å². The van der Waals surface area contributed by atoms with Crippen molar-refractivity contribution in [2.75, 3.05) is 13.1 Å². The van der Waals surface area contributed by atoms with Crippen molar-refractivity contribution in [3.63, 3.8) is 0 Å². The largest absolute Gasteiger partial charge is 0.478 e. The first-order valence-electron chi connectivity index (χ1n) is 12.7. The molecule has 0 bridgehead atoms. The summed E-state index contributed by atoms with van der Waals surface area (Å²) in [6, 6.07) is 13.2. The van der Waals surface area contributed by atoms with Crippen LogP contribution in [0.1, 0.15) is 63.9 Å². The van der Waals surface area contributed by atoms with Crippen LogP contribution < -0.4 is 10.8 Å². The minimum atomic E-state index is -1.07. The van der Waals surface area contributed by atoms with Crippen LogP contribution in [-0.4, -0.2) is 53.5 Å². The maximum absolute atomic E-state index is 12.2. The minimum Gasteiger partial charge on any atom is -0.478 e. The predicted octanol–water partition coefficient (Wildman–Crippen LogP) is 4.20. The smallest absolute Gasteiger partial charge is 0.335 e. The van der Waals surface area contributed by atoms with E-state index in [1.807, 2.05) is 24.3 Å². The number of carboxylic acids is 2. The average molecular weight is 557 g/mol. The van der Waals surface area contributed by atoms with Gasteiger partial charge in [-0.25, -0.2) is 9.59 Å². The molecule has 0 aromatic heterocycles. The summed E-state index contributed by atoms with van der Waals surface area (Å²) in [6.07, 6.45) is 8.69. The first kappa shape index (κ1) is 30.0. The van der Waals surface area contributed by atoms with E-state index in [0.29, 0.717) is 17.5 Å². The summed E-state index contributed by atoms with van der Waals surface area (Å²) in [5, 5.41) is 23.0. The van der Waals surface area contributed by atoms with Crippen LogP contribution in [0.4, 0.5) is 0 Å².